The molecule has 0 amide bonds. The van der Waals surface area contributed by atoms with Crippen LogP contribution in [0.2, 0.25) is 0 Å². The van der Waals surface area contributed by atoms with E-state index in [0.717, 1.165) is 37.8 Å². The number of rotatable bonds is 2. The molecule has 3 aliphatic carbocycles. The molecule has 0 aromatic heterocycles. The summed E-state index contributed by atoms with van der Waals surface area (Å²) in [5.41, 5.74) is 10.6. The van der Waals surface area contributed by atoms with Crippen molar-refractivity contribution in [3.05, 3.63) is 58.9 Å². The van der Waals surface area contributed by atoms with Crippen molar-refractivity contribution in [1.29, 1.82) is 5.26 Å². The van der Waals surface area contributed by atoms with Gasteiger partial charge in [0.2, 0.25) is 0 Å². The van der Waals surface area contributed by atoms with Crippen LogP contribution in [0.4, 0.5) is 4.39 Å². The van der Waals surface area contributed by atoms with Crippen molar-refractivity contribution < 1.29 is 9.13 Å². The van der Waals surface area contributed by atoms with E-state index in [4.69, 9.17) is 15.5 Å². The summed E-state index contributed by atoms with van der Waals surface area (Å²) in [7, 11) is 3.82. The van der Waals surface area contributed by atoms with Crippen molar-refractivity contribution in [2.75, 3.05) is 20.7 Å². The molecular weight excluding hydrogens is 391 g/mol. The van der Waals surface area contributed by atoms with Crippen LogP contribution in [0.25, 0.3) is 11.1 Å². The molecule has 2 fully saturated rings. The summed E-state index contributed by atoms with van der Waals surface area (Å²) in [6.07, 6.45) is 4.32. The van der Waals surface area contributed by atoms with Crippen molar-refractivity contribution in [3.8, 4) is 17.2 Å². The van der Waals surface area contributed by atoms with E-state index in [1.54, 1.807) is 13.2 Å². The number of fused-ring (bicyclic) bond motifs is 1. The first kappa shape index (κ1) is 18.8. The Morgan fingerprint density at radius 1 is 1.23 bits per heavy atom. The van der Waals surface area contributed by atoms with Gasteiger partial charge in [0.15, 0.2) is 5.96 Å². The molecular formula is C25H25FN4O. The fourth-order valence-electron chi connectivity index (χ4n) is 7.33. The molecule has 2 N–H and O–H groups in total. The maximum absolute atomic E-state index is 14.1. The Bertz CT molecular complexity index is 1200. The molecule has 2 saturated carbocycles. The smallest absolute Gasteiger partial charge is 0.191 e. The third-order valence-electron chi connectivity index (χ3n) is 8.57. The van der Waals surface area contributed by atoms with Crippen molar-refractivity contribution in [2.45, 2.75) is 37.3 Å². The van der Waals surface area contributed by atoms with Crippen LogP contribution in [0, 0.1) is 28.0 Å². The number of halogens is 1. The Morgan fingerprint density at radius 2 is 2.06 bits per heavy atom. The zero-order valence-corrected chi connectivity index (χ0v) is 17.8. The van der Waals surface area contributed by atoms with E-state index < -0.39 is 5.82 Å². The molecule has 3 spiro atoms. The zero-order valence-electron chi connectivity index (χ0n) is 17.8. The number of benzene rings is 2. The van der Waals surface area contributed by atoms with Crippen LogP contribution in [0.3, 0.4) is 0 Å². The minimum atomic E-state index is -0.398. The van der Waals surface area contributed by atoms with Crippen molar-refractivity contribution >= 4 is 5.96 Å². The summed E-state index contributed by atoms with van der Waals surface area (Å²) < 4.78 is 19.9. The van der Waals surface area contributed by atoms with Crippen LogP contribution in [0.15, 0.2) is 41.4 Å². The van der Waals surface area contributed by atoms with E-state index in [-0.39, 0.29) is 22.5 Å². The van der Waals surface area contributed by atoms with Crippen LogP contribution < -0.4 is 5.73 Å². The average molecular weight is 417 g/mol. The average Bonchev–Trinajstić information content (AvgIpc) is 3.13. The summed E-state index contributed by atoms with van der Waals surface area (Å²) >= 11 is 0. The second-order valence-corrected chi connectivity index (χ2v) is 9.69. The van der Waals surface area contributed by atoms with E-state index in [9.17, 15) is 9.65 Å². The number of hydrogen-bond acceptors (Lipinski definition) is 5. The van der Waals surface area contributed by atoms with Gasteiger partial charge < -0.3 is 15.4 Å². The summed E-state index contributed by atoms with van der Waals surface area (Å²) in [4.78, 5) is 7.27. The lowest BCUT2D eigenvalue weighted by Gasteiger charge is -2.39. The Labute approximate surface area is 181 Å². The monoisotopic (exact) mass is 416 g/mol. The minimum Gasteiger partial charge on any atom is -0.381 e. The quantitative estimate of drug-likeness (QED) is 0.812. The molecule has 31 heavy (non-hydrogen) atoms. The van der Waals surface area contributed by atoms with Crippen molar-refractivity contribution in [1.82, 2.24) is 4.90 Å². The number of nitrogens with zero attached hydrogens (tertiary/aromatic N) is 3. The SMILES string of the molecule is COC1CCC23Cc4ccc(-c5cc(F)cc(C#N)c5)cc4C24N=C(N)N(C)CC34C1. The van der Waals surface area contributed by atoms with E-state index in [0.29, 0.717) is 17.1 Å². The molecule has 2 aromatic rings. The van der Waals surface area contributed by atoms with Gasteiger partial charge >= 0.3 is 0 Å². The minimum absolute atomic E-state index is 0.0158. The highest BCUT2D eigenvalue weighted by Gasteiger charge is 2.91. The number of guanidine groups is 1. The fourth-order valence-corrected chi connectivity index (χ4v) is 7.33. The number of ether oxygens (including phenoxy) is 1. The summed E-state index contributed by atoms with van der Waals surface area (Å²) in [5, 5.41) is 9.27. The Morgan fingerprint density at radius 3 is 2.84 bits per heavy atom. The Kier molecular flexibility index (Phi) is 3.56. The predicted octanol–water partition coefficient (Wildman–Crippen LogP) is 3.56. The second-order valence-electron chi connectivity index (χ2n) is 9.69. The van der Waals surface area contributed by atoms with Crippen LogP contribution >= 0.6 is 0 Å². The van der Waals surface area contributed by atoms with E-state index in [2.05, 4.69) is 23.1 Å². The zero-order chi connectivity index (χ0) is 21.6. The lowest BCUT2D eigenvalue weighted by atomic mass is 9.73. The third-order valence-corrected chi connectivity index (χ3v) is 8.57. The maximum Gasteiger partial charge on any atom is 0.191 e. The summed E-state index contributed by atoms with van der Waals surface area (Å²) in [6, 6.07) is 12.9. The topological polar surface area (TPSA) is 74.6 Å². The van der Waals surface area contributed by atoms with Gasteiger partial charge in [-0.05, 0) is 72.2 Å². The molecule has 6 rings (SSSR count). The first-order valence-corrected chi connectivity index (χ1v) is 10.8. The number of hydrogen-bond donors (Lipinski definition) is 1. The van der Waals surface area contributed by atoms with E-state index >= 15 is 0 Å². The molecule has 4 unspecified atom stereocenters. The molecule has 158 valence electrons. The summed E-state index contributed by atoms with van der Waals surface area (Å²) in [5.74, 6) is 0.189. The Balaban J connectivity index is 1.54. The van der Waals surface area contributed by atoms with Crippen LogP contribution in [0.5, 0.6) is 0 Å². The lowest BCUT2D eigenvalue weighted by molar-refractivity contribution is 0.0214. The fraction of sp³-hybridized carbons (Fsp3) is 0.440. The van der Waals surface area contributed by atoms with Gasteiger partial charge in [0.1, 0.15) is 11.4 Å². The molecule has 4 aliphatic rings. The largest absolute Gasteiger partial charge is 0.381 e. The number of aliphatic imine (C=N–C) groups is 1. The lowest BCUT2D eigenvalue weighted by Crippen LogP contribution is -2.47. The predicted molar refractivity (Wildman–Crippen MR) is 116 cm³/mol. The Hall–Kier alpha value is -2.91. The maximum atomic E-state index is 14.1. The molecule has 4 atom stereocenters. The number of methoxy groups -OCH3 is 1. The summed E-state index contributed by atoms with van der Waals surface area (Å²) in [6.45, 7) is 0.879. The van der Waals surface area contributed by atoms with Crippen LogP contribution in [0.1, 0.15) is 36.0 Å². The van der Waals surface area contributed by atoms with Crippen LogP contribution in [-0.4, -0.2) is 37.7 Å². The second kappa shape index (κ2) is 5.86. The van der Waals surface area contributed by atoms with Gasteiger partial charge in [-0.25, -0.2) is 9.38 Å². The van der Waals surface area contributed by atoms with Crippen molar-refractivity contribution in [2.24, 2.45) is 21.6 Å². The van der Waals surface area contributed by atoms with Crippen LogP contribution in [-0.2, 0) is 16.7 Å². The molecule has 0 saturated heterocycles. The van der Waals surface area contributed by atoms with Gasteiger partial charge in [-0.3, -0.25) is 0 Å². The highest BCUT2D eigenvalue weighted by molar-refractivity contribution is 5.83. The number of nitrogens with two attached hydrogens (primary N) is 1. The standard InChI is InChI=1S/C25H25FN4O/c1-30-14-24-12-20(31-2)5-6-23(24)11-17-4-3-16(10-21(17)25(23,24)29-22(30)28)18-7-15(13-27)8-19(26)9-18/h3-4,7-10,20H,5-6,11-12,14H2,1-2H3,(H2,28,29). The molecule has 1 aliphatic heterocycles. The highest BCUT2D eigenvalue weighted by Crippen LogP contribution is 2.89. The first-order valence-electron chi connectivity index (χ1n) is 10.8. The van der Waals surface area contributed by atoms with E-state index in [1.807, 2.05) is 13.1 Å². The van der Waals surface area contributed by atoms with Gasteiger partial charge in [-0.1, -0.05) is 12.1 Å². The molecule has 0 bridgehead atoms. The number of nitriles is 1. The molecule has 1 heterocycles. The van der Waals surface area contributed by atoms with Crippen molar-refractivity contribution in [3.63, 3.8) is 0 Å². The highest BCUT2D eigenvalue weighted by atomic mass is 19.1. The van der Waals surface area contributed by atoms with Gasteiger partial charge in [-0.2, -0.15) is 5.26 Å². The van der Waals surface area contributed by atoms with Gasteiger partial charge in [0, 0.05) is 31.5 Å². The third kappa shape index (κ3) is 2.06. The van der Waals surface area contributed by atoms with Gasteiger partial charge in [-0.15, -0.1) is 0 Å². The van der Waals surface area contributed by atoms with E-state index in [1.165, 1.54) is 23.3 Å². The normalized spacial score (nSPS) is 34.7. The molecule has 2 aromatic carbocycles. The first-order chi connectivity index (χ1) is 14.9. The van der Waals surface area contributed by atoms with Gasteiger partial charge in [0.25, 0.3) is 0 Å². The molecule has 6 heteroatoms. The molecule has 5 nitrogen and oxygen atoms in total. The molecule has 0 radical (unpaired) electrons. The van der Waals surface area contributed by atoms with Gasteiger partial charge in [0.05, 0.1) is 17.7 Å².